The molecule has 0 atom stereocenters. The Labute approximate surface area is 135 Å². The van der Waals surface area contributed by atoms with Gasteiger partial charge in [0.05, 0.1) is 0 Å². The van der Waals surface area contributed by atoms with Crippen molar-refractivity contribution in [3.63, 3.8) is 0 Å². The van der Waals surface area contributed by atoms with Crippen molar-refractivity contribution in [2.45, 2.75) is 65.2 Å². The van der Waals surface area contributed by atoms with Gasteiger partial charge >= 0.3 is 11.9 Å². The molecule has 0 spiro atoms. The van der Waals surface area contributed by atoms with E-state index in [1.54, 1.807) is 0 Å². The third-order valence-corrected chi connectivity index (χ3v) is 1.99. The second-order valence-electron chi connectivity index (χ2n) is 3.70. The van der Waals surface area contributed by atoms with Crippen LogP contribution in [0.3, 0.4) is 0 Å². The van der Waals surface area contributed by atoms with Crippen LogP contribution in [0, 0.1) is 0 Å². The first-order valence-corrected chi connectivity index (χ1v) is 5.98. The van der Waals surface area contributed by atoms with E-state index in [4.69, 9.17) is 10.2 Å². The predicted octanol–water partition coefficient (Wildman–Crippen LogP) is 1.65. The molecule has 0 saturated heterocycles. The largest absolute Gasteiger partial charge is 0.481 e. The van der Waals surface area contributed by atoms with Crippen molar-refractivity contribution >= 4 is 11.9 Å². The molecular formula is C12H28CdO6. The molecule has 0 unspecified atom stereocenters. The van der Waals surface area contributed by atoms with E-state index in [0.717, 1.165) is 38.5 Å². The minimum Gasteiger partial charge on any atom is -0.481 e. The molecule has 0 saturated carbocycles. The Bertz CT molecular complexity index is 167. The summed E-state index contributed by atoms with van der Waals surface area (Å²) in [5.41, 5.74) is 0. The average molecular weight is 381 g/mol. The Morgan fingerprint density at radius 1 is 0.737 bits per heavy atom. The normalized spacial score (nSPS) is 7.68. The molecule has 6 N–H and O–H groups in total. The summed E-state index contributed by atoms with van der Waals surface area (Å²) in [7, 11) is 0. The zero-order valence-corrected chi connectivity index (χ0v) is 16.1. The molecule has 0 aliphatic carbocycles. The summed E-state index contributed by atoms with van der Waals surface area (Å²) in [6.45, 7) is 4.11. The molecular weight excluding hydrogens is 353 g/mol. The molecule has 0 aromatic heterocycles. The topological polar surface area (TPSA) is 138 Å². The quantitative estimate of drug-likeness (QED) is 0.488. The van der Waals surface area contributed by atoms with Crippen LogP contribution in [0.1, 0.15) is 65.2 Å². The van der Waals surface area contributed by atoms with Gasteiger partial charge in [0.15, 0.2) is 0 Å². The van der Waals surface area contributed by atoms with E-state index in [0.29, 0.717) is 12.8 Å². The van der Waals surface area contributed by atoms with Gasteiger partial charge in [0, 0.05) is 40.1 Å². The van der Waals surface area contributed by atoms with Gasteiger partial charge in [-0.15, -0.1) is 0 Å². The molecule has 0 aliphatic heterocycles. The SMILES string of the molecule is CCCCCC(=O)O.CCCCCC(=O)O.O.O.[Cd]. The van der Waals surface area contributed by atoms with Gasteiger partial charge in [-0.3, -0.25) is 9.59 Å². The van der Waals surface area contributed by atoms with Crippen molar-refractivity contribution in [3.8, 4) is 0 Å². The van der Waals surface area contributed by atoms with Gasteiger partial charge in [0.25, 0.3) is 0 Å². The maximum absolute atomic E-state index is 9.87. The van der Waals surface area contributed by atoms with E-state index in [1.807, 2.05) is 0 Å². The molecule has 0 aromatic carbocycles. The number of hydrogen-bond acceptors (Lipinski definition) is 2. The summed E-state index contributed by atoms with van der Waals surface area (Å²) in [6.07, 6.45) is 6.55. The van der Waals surface area contributed by atoms with Gasteiger partial charge in [0.1, 0.15) is 0 Å². The maximum Gasteiger partial charge on any atom is 0.303 e. The summed E-state index contributed by atoms with van der Waals surface area (Å²) in [6, 6.07) is 0. The Morgan fingerprint density at radius 3 is 1.16 bits per heavy atom. The monoisotopic (exact) mass is 382 g/mol. The van der Waals surface area contributed by atoms with E-state index in [2.05, 4.69) is 13.8 Å². The van der Waals surface area contributed by atoms with Crippen molar-refractivity contribution in [2.24, 2.45) is 0 Å². The molecule has 7 heteroatoms. The Hall–Kier alpha value is -0.218. The molecule has 0 rings (SSSR count). The fourth-order valence-electron chi connectivity index (χ4n) is 1.05. The van der Waals surface area contributed by atoms with Gasteiger partial charge < -0.3 is 21.2 Å². The zero-order valence-electron chi connectivity index (χ0n) is 12.1. The maximum atomic E-state index is 9.87. The number of hydrogen-bond donors (Lipinski definition) is 2. The fourth-order valence-corrected chi connectivity index (χ4v) is 1.05. The van der Waals surface area contributed by atoms with Gasteiger partial charge in [-0.05, 0) is 12.8 Å². The minimum absolute atomic E-state index is 0. The Morgan fingerprint density at radius 2 is 1.00 bits per heavy atom. The third kappa shape index (κ3) is 46.3. The Kier molecular flexibility index (Phi) is 43.4. The van der Waals surface area contributed by atoms with E-state index in [9.17, 15) is 9.59 Å². The van der Waals surface area contributed by atoms with Gasteiger partial charge in [-0.1, -0.05) is 39.5 Å². The van der Waals surface area contributed by atoms with Crippen LogP contribution in [-0.2, 0) is 36.9 Å². The van der Waals surface area contributed by atoms with E-state index in [-0.39, 0.29) is 38.3 Å². The van der Waals surface area contributed by atoms with Crippen LogP contribution in [0.25, 0.3) is 0 Å². The first-order chi connectivity index (χ1) is 7.54. The van der Waals surface area contributed by atoms with Crippen LogP contribution in [0.5, 0.6) is 0 Å². The van der Waals surface area contributed by atoms with Crippen LogP contribution >= 0.6 is 0 Å². The van der Waals surface area contributed by atoms with Crippen LogP contribution in [0.2, 0.25) is 0 Å². The smallest absolute Gasteiger partial charge is 0.303 e. The fraction of sp³-hybridized carbons (Fsp3) is 0.833. The summed E-state index contributed by atoms with van der Waals surface area (Å²) in [5, 5.41) is 16.3. The van der Waals surface area contributed by atoms with Crippen LogP contribution < -0.4 is 0 Å². The number of carbonyl (C=O) groups is 2. The molecule has 6 nitrogen and oxygen atoms in total. The van der Waals surface area contributed by atoms with Crippen LogP contribution in [0.15, 0.2) is 0 Å². The van der Waals surface area contributed by atoms with Crippen LogP contribution in [0.4, 0.5) is 0 Å². The number of unbranched alkanes of at least 4 members (excludes halogenated alkanes) is 4. The van der Waals surface area contributed by atoms with Crippen LogP contribution in [-0.4, -0.2) is 33.1 Å². The van der Waals surface area contributed by atoms with Crippen molar-refractivity contribution in [2.75, 3.05) is 0 Å². The van der Waals surface area contributed by atoms with Crippen molar-refractivity contribution in [3.05, 3.63) is 0 Å². The average Bonchev–Trinajstić information content (AvgIpc) is 2.18. The van der Waals surface area contributed by atoms with E-state index < -0.39 is 11.9 Å². The predicted molar refractivity (Wildman–Crippen MR) is 70.8 cm³/mol. The number of carboxylic acids is 2. The zero-order chi connectivity index (χ0) is 12.8. The summed E-state index contributed by atoms with van der Waals surface area (Å²) < 4.78 is 0. The number of aliphatic carboxylic acids is 2. The first kappa shape index (κ1) is 31.3. The van der Waals surface area contributed by atoms with Gasteiger partial charge in [-0.25, -0.2) is 0 Å². The molecule has 0 radical (unpaired) electrons. The molecule has 0 aromatic rings. The molecule has 0 amide bonds. The minimum atomic E-state index is -0.682. The standard InChI is InChI=1S/2C6H12O2.Cd.2H2O/c2*1-2-3-4-5-6(7)8;;;/h2*2-5H2,1H3,(H,7,8);;2*1H2. The Balaban J connectivity index is -0.0000000594. The number of rotatable bonds is 8. The van der Waals surface area contributed by atoms with Crippen molar-refractivity contribution in [1.82, 2.24) is 0 Å². The van der Waals surface area contributed by atoms with Crippen molar-refractivity contribution < 1.29 is 58.1 Å². The van der Waals surface area contributed by atoms with E-state index in [1.165, 1.54) is 0 Å². The second kappa shape index (κ2) is 26.4. The van der Waals surface area contributed by atoms with E-state index >= 15 is 0 Å². The first-order valence-electron chi connectivity index (χ1n) is 5.98. The number of carboxylic acid groups (broad SMARTS) is 2. The molecule has 0 aliphatic rings. The molecule has 0 heterocycles. The molecule has 19 heavy (non-hydrogen) atoms. The molecule has 0 fully saturated rings. The third-order valence-electron chi connectivity index (χ3n) is 1.99. The summed E-state index contributed by atoms with van der Waals surface area (Å²) >= 11 is 0. The second-order valence-corrected chi connectivity index (χ2v) is 3.70. The summed E-state index contributed by atoms with van der Waals surface area (Å²) in [5.74, 6) is -1.36. The van der Waals surface area contributed by atoms with Gasteiger partial charge in [0.2, 0.25) is 0 Å². The van der Waals surface area contributed by atoms with Crippen molar-refractivity contribution in [1.29, 1.82) is 0 Å². The summed E-state index contributed by atoms with van der Waals surface area (Å²) in [4.78, 5) is 19.7. The molecule has 0 bridgehead atoms. The van der Waals surface area contributed by atoms with Gasteiger partial charge in [-0.2, -0.15) is 0 Å². The molecule has 114 valence electrons.